The lowest BCUT2D eigenvalue weighted by molar-refractivity contribution is 0.0549. The maximum atomic E-state index is 13.6. The van der Waals surface area contributed by atoms with Crippen molar-refractivity contribution in [3.8, 4) is 0 Å². The number of fused-ring (bicyclic) bond motifs is 1. The molecule has 1 atom stereocenters. The molecule has 2 fully saturated rings. The second-order valence-electron chi connectivity index (χ2n) is 9.64. The van der Waals surface area contributed by atoms with Crippen LogP contribution in [0.15, 0.2) is 30.0 Å². The summed E-state index contributed by atoms with van der Waals surface area (Å²) in [6.07, 6.45) is 5.93. The van der Waals surface area contributed by atoms with Gasteiger partial charge in [-0.3, -0.25) is 10.1 Å². The zero-order chi connectivity index (χ0) is 22.2. The molecule has 1 aromatic carbocycles. The van der Waals surface area contributed by atoms with Crippen molar-refractivity contribution in [2.24, 2.45) is 0 Å². The fourth-order valence-corrected chi connectivity index (χ4v) is 4.45. The Morgan fingerprint density at radius 1 is 1.19 bits per heavy atom. The molecule has 7 nitrogen and oxygen atoms in total. The fourth-order valence-electron chi connectivity index (χ4n) is 4.45. The van der Waals surface area contributed by atoms with Crippen molar-refractivity contribution in [3.05, 3.63) is 41.1 Å². The lowest BCUT2D eigenvalue weighted by Gasteiger charge is -2.36. The van der Waals surface area contributed by atoms with Gasteiger partial charge in [-0.2, -0.15) is 0 Å². The summed E-state index contributed by atoms with van der Waals surface area (Å²) in [4.78, 5) is 27.7. The molecule has 0 radical (unpaired) electrons. The van der Waals surface area contributed by atoms with Gasteiger partial charge in [-0.05, 0) is 82.6 Å². The van der Waals surface area contributed by atoms with Gasteiger partial charge < -0.3 is 20.4 Å². The summed E-state index contributed by atoms with van der Waals surface area (Å²) in [5.41, 5.74) is 3.68. The number of carbonyl (C=O) groups is 2. The van der Waals surface area contributed by atoms with Crippen LogP contribution in [0.3, 0.4) is 0 Å². The summed E-state index contributed by atoms with van der Waals surface area (Å²) in [7, 11) is 0. The van der Waals surface area contributed by atoms with Crippen molar-refractivity contribution < 1.29 is 14.3 Å². The number of benzene rings is 1. The summed E-state index contributed by atoms with van der Waals surface area (Å²) in [5, 5.41) is 14.3. The number of carbonyl (C=O) groups excluding carboxylic acids is 2. The van der Waals surface area contributed by atoms with E-state index in [0.717, 1.165) is 54.6 Å². The Kier molecular flexibility index (Phi) is 5.77. The van der Waals surface area contributed by atoms with Gasteiger partial charge >= 0.3 is 6.09 Å². The van der Waals surface area contributed by atoms with Crippen LogP contribution in [0, 0.1) is 5.41 Å². The molecule has 2 aliphatic carbocycles. The van der Waals surface area contributed by atoms with E-state index in [9.17, 15) is 9.59 Å². The molecule has 31 heavy (non-hydrogen) atoms. The first-order valence-corrected chi connectivity index (χ1v) is 11.2. The number of anilines is 1. The molecule has 166 valence electrons. The zero-order valence-electron chi connectivity index (χ0n) is 18.6. The maximum absolute atomic E-state index is 13.6. The molecule has 1 aliphatic heterocycles. The number of rotatable bonds is 4. The van der Waals surface area contributed by atoms with Gasteiger partial charge in [-0.25, -0.2) is 4.79 Å². The van der Waals surface area contributed by atoms with Crippen molar-refractivity contribution in [2.45, 2.75) is 77.0 Å². The van der Waals surface area contributed by atoms with E-state index in [0.29, 0.717) is 18.6 Å². The third kappa shape index (κ3) is 4.92. The summed E-state index contributed by atoms with van der Waals surface area (Å²) < 4.78 is 5.29. The molecular formula is C24H32N4O3. The van der Waals surface area contributed by atoms with E-state index in [1.54, 1.807) is 6.20 Å². The van der Waals surface area contributed by atoms with Gasteiger partial charge in [0, 0.05) is 41.8 Å². The monoisotopic (exact) mass is 424 g/mol. The van der Waals surface area contributed by atoms with Gasteiger partial charge in [0.2, 0.25) is 0 Å². The topological polar surface area (TPSA) is 94.5 Å². The molecule has 2 saturated carbocycles. The van der Waals surface area contributed by atoms with Crippen LogP contribution in [0.5, 0.6) is 0 Å². The highest BCUT2D eigenvalue weighted by Gasteiger charge is 2.40. The van der Waals surface area contributed by atoms with Crippen LogP contribution < -0.4 is 10.6 Å². The Balaban J connectivity index is 1.51. The normalized spacial score (nSPS) is 22.0. The number of hydrogen-bond donors (Lipinski definition) is 3. The van der Waals surface area contributed by atoms with E-state index < -0.39 is 11.7 Å². The highest BCUT2D eigenvalue weighted by Crippen LogP contribution is 2.37. The van der Waals surface area contributed by atoms with Crippen LogP contribution in [-0.2, 0) is 11.2 Å². The Morgan fingerprint density at radius 2 is 1.97 bits per heavy atom. The number of alkyl carbamates (subject to hydrolysis) is 1. The molecule has 1 unspecified atom stereocenters. The average molecular weight is 425 g/mol. The first-order valence-electron chi connectivity index (χ1n) is 11.2. The predicted octanol–water partition coefficient (Wildman–Crippen LogP) is 4.24. The van der Waals surface area contributed by atoms with Crippen molar-refractivity contribution in [1.82, 2.24) is 10.2 Å². The van der Waals surface area contributed by atoms with E-state index in [4.69, 9.17) is 10.1 Å². The SMILES string of the molecule is CC(C)(C)OC(=O)N/C=C1/CC(N(C(=O)c2cccc3c2CCN3)C2CC2)CCC1=N. The Morgan fingerprint density at radius 3 is 2.68 bits per heavy atom. The molecule has 2 amide bonds. The lowest BCUT2D eigenvalue weighted by Crippen LogP contribution is -2.45. The largest absolute Gasteiger partial charge is 0.444 e. The Bertz CT molecular complexity index is 927. The van der Waals surface area contributed by atoms with Crippen molar-refractivity contribution in [2.75, 3.05) is 11.9 Å². The van der Waals surface area contributed by atoms with Crippen molar-refractivity contribution in [1.29, 1.82) is 5.41 Å². The number of hydrogen-bond acceptors (Lipinski definition) is 5. The summed E-state index contributed by atoms with van der Waals surface area (Å²) in [6.45, 7) is 6.31. The van der Waals surface area contributed by atoms with Gasteiger partial charge in [-0.1, -0.05) is 6.07 Å². The molecular weight excluding hydrogens is 392 g/mol. The summed E-state index contributed by atoms with van der Waals surface area (Å²) in [6, 6.07) is 6.23. The highest BCUT2D eigenvalue weighted by atomic mass is 16.6. The van der Waals surface area contributed by atoms with E-state index in [-0.39, 0.29) is 18.0 Å². The third-order valence-corrected chi connectivity index (χ3v) is 6.00. The van der Waals surface area contributed by atoms with Crippen LogP contribution in [0.2, 0.25) is 0 Å². The molecule has 3 aliphatic rings. The van der Waals surface area contributed by atoms with Crippen LogP contribution in [0.4, 0.5) is 10.5 Å². The minimum absolute atomic E-state index is 0.0333. The van der Waals surface area contributed by atoms with Crippen LogP contribution >= 0.6 is 0 Å². The van der Waals surface area contributed by atoms with E-state index in [2.05, 4.69) is 15.5 Å². The first-order chi connectivity index (χ1) is 14.7. The van der Waals surface area contributed by atoms with Crippen LogP contribution in [-0.4, -0.2) is 46.8 Å². The highest BCUT2D eigenvalue weighted by molar-refractivity contribution is 6.00. The van der Waals surface area contributed by atoms with Crippen molar-refractivity contribution >= 4 is 23.4 Å². The van der Waals surface area contributed by atoms with Gasteiger partial charge in [0.15, 0.2) is 0 Å². The second kappa shape index (κ2) is 8.36. The summed E-state index contributed by atoms with van der Waals surface area (Å²) in [5.74, 6) is 0.0981. The molecule has 4 rings (SSSR count). The molecule has 0 spiro atoms. The van der Waals surface area contributed by atoms with E-state index >= 15 is 0 Å². The van der Waals surface area contributed by atoms with Crippen LogP contribution in [0.1, 0.15) is 68.8 Å². The lowest BCUT2D eigenvalue weighted by atomic mass is 9.87. The molecule has 1 heterocycles. The second-order valence-corrected chi connectivity index (χ2v) is 9.64. The van der Waals surface area contributed by atoms with Crippen LogP contribution in [0.25, 0.3) is 0 Å². The number of nitrogens with one attached hydrogen (secondary N) is 3. The quantitative estimate of drug-likeness (QED) is 0.674. The Labute approximate surface area is 183 Å². The average Bonchev–Trinajstić information content (AvgIpc) is 3.41. The molecule has 7 heteroatoms. The maximum Gasteiger partial charge on any atom is 0.411 e. The molecule has 1 aromatic rings. The molecule has 0 aromatic heterocycles. The Hall–Kier alpha value is -2.83. The smallest absolute Gasteiger partial charge is 0.411 e. The van der Waals surface area contributed by atoms with Gasteiger partial charge in [0.1, 0.15) is 5.60 Å². The number of ether oxygens (including phenoxy) is 1. The molecule has 0 saturated heterocycles. The van der Waals surface area contributed by atoms with Gasteiger partial charge in [-0.15, -0.1) is 0 Å². The van der Waals surface area contributed by atoms with E-state index in [1.807, 2.05) is 39.0 Å². The number of amides is 2. The minimum atomic E-state index is -0.578. The standard InChI is InChI=1S/C24H32N4O3/c1-24(2,3)31-23(30)27-14-15-13-17(9-10-20(15)25)28(16-7-8-16)22(29)19-5-4-6-21-18(19)11-12-26-21/h4-6,14,16-17,25-26H,7-13H2,1-3H3,(H,27,30)/b15-14-,25-20?. The third-order valence-electron chi connectivity index (χ3n) is 6.00. The zero-order valence-corrected chi connectivity index (χ0v) is 18.6. The van der Waals surface area contributed by atoms with E-state index in [1.165, 1.54) is 0 Å². The van der Waals surface area contributed by atoms with Gasteiger partial charge in [0.05, 0.1) is 0 Å². The molecule has 0 bridgehead atoms. The van der Waals surface area contributed by atoms with Crippen molar-refractivity contribution in [3.63, 3.8) is 0 Å². The number of nitrogens with zero attached hydrogens (tertiary/aromatic N) is 1. The predicted molar refractivity (Wildman–Crippen MR) is 121 cm³/mol. The first kappa shape index (κ1) is 21.4. The fraction of sp³-hybridized carbons (Fsp3) is 0.542. The minimum Gasteiger partial charge on any atom is -0.444 e. The molecule has 3 N–H and O–H groups in total. The van der Waals surface area contributed by atoms with Gasteiger partial charge in [0.25, 0.3) is 5.91 Å². The summed E-state index contributed by atoms with van der Waals surface area (Å²) >= 11 is 0.